The molecule has 1 atom stereocenters. The lowest BCUT2D eigenvalue weighted by Gasteiger charge is -2.33. The molecule has 0 spiro atoms. The number of anilines is 1. The van der Waals surface area contributed by atoms with Gasteiger partial charge in [-0.15, -0.1) is 11.3 Å². The van der Waals surface area contributed by atoms with Gasteiger partial charge in [-0.2, -0.15) is 5.26 Å². The molecule has 2 rings (SSSR count). The first-order chi connectivity index (χ1) is 10.2. The Morgan fingerprint density at radius 2 is 2.14 bits per heavy atom. The zero-order valence-corrected chi connectivity index (χ0v) is 15.1. The third kappa shape index (κ3) is 3.70. The number of nitrogens with zero attached hydrogens (tertiary/aromatic N) is 1. The van der Waals surface area contributed by atoms with Crippen molar-refractivity contribution in [3.63, 3.8) is 0 Å². The van der Waals surface area contributed by atoms with Crippen molar-refractivity contribution in [2.75, 3.05) is 5.32 Å². The highest BCUT2D eigenvalue weighted by Crippen LogP contribution is 2.44. The van der Waals surface area contributed by atoms with Crippen molar-refractivity contribution in [3.8, 4) is 6.07 Å². The molecule has 120 valence electrons. The lowest BCUT2D eigenvalue weighted by Crippen LogP contribution is -2.26. The number of fused-ring (bicyclic) bond motifs is 1. The van der Waals surface area contributed by atoms with Crippen LogP contribution in [0.3, 0.4) is 0 Å². The van der Waals surface area contributed by atoms with Crippen LogP contribution in [0.25, 0.3) is 0 Å². The van der Waals surface area contributed by atoms with Crippen LogP contribution in [-0.2, 0) is 17.6 Å². The van der Waals surface area contributed by atoms with E-state index in [2.05, 4.69) is 32.2 Å². The van der Waals surface area contributed by atoms with Crippen molar-refractivity contribution in [1.29, 1.82) is 5.26 Å². The van der Waals surface area contributed by atoms with E-state index in [0.717, 1.165) is 24.3 Å². The zero-order chi connectivity index (χ0) is 16.5. The van der Waals surface area contributed by atoms with Gasteiger partial charge < -0.3 is 5.32 Å². The second-order valence-corrected chi connectivity index (χ2v) is 8.88. The standard InChI is InChI=1S/C18H26N2OS/c1-11(2)8-16(21)20-17-14(10-19)13-7-6-12(18(3,4)5)9-15(13)22-17/h11-12H,6-9H2,1-5H3,(H,20,21)/t12-/m1/s1. The van der Waals surface area contributed by atoms with Crippen LogP contribution >= 0.6 is 11.3 Å². The van der Waals surface area contributed by atoms with Gasteiger partial charge in [0.1, 0.15) is 11.1 Å². The molecule has 1 aliphatic rings. The Morgan fingerprint density at radius 3 is 2.68 bits per heavy atom. The van der Waals surface area contributed by atoms with Crippen molar-refractivity contribution in [1.82, 2.24) is 0 Å². The average molecular weight is 318 g/mol. The summed E-state index contributed by atoms with van der Waals surface area (Å²) in [5.41, 5.74) is 2.16. The summed E-state index contributed by atoms with van der Waals surface area (Å²) in [7, 11) is 0. The van der Waals surface area contributed by atoms with Crippen LogP contribution in [0.2, 0.25) is 0 Å². The van der Waals surface area contributed by atoms with E-state index in [1.54, 1.807) is 11.3 Å². The molecule has 0 aliphatic heterocycles. The number of nitrogens with one attached hydrogen (secondary N) is 1. The average Bonchev–Trinajstić information content (AvgIpc) is 2.72. The third-order valence-electron chi connectivity index (χ3n) is 4.45. The van der Waals surface area contributed by atoms with Gasteiger partial charge in [0.2, 0.25) is 5.91 Å². The number of hydrogen-bond acceptors (Lipinski definition) is 3. The van der Waals surface area contributed by atoms with Gasteiger partial charge in [0.05, 0.1) is 5.56 Å². The highest BCUT2D eigenvalue weighted by Gasteiger charge is 2.32. The monoisotopic (exact) mass is 318 g/mol. The zero-order valence-electron chi connectivity index (χ0n) is 14.2. The molecule has 0 saturated carbocycles. The highest BCUT2D eigenvalue weighted by molar-refractivity contribution is 7.16. The Hall–Kier alpha value is -1.34. The summed E-state index contributed by atoms with van der Waals surface area (Å²) in [6.45, 7) is 10.9. The lowest BCUT2D eigenvalue weighted by atomic mass is 9.72. The first kappa shape index (κ1) is 17.0. The summed E-state index contributed by atoms with van der Waals surface area (Å²) < 4.78 is 0. The Balaban J connectivity index is 2.23. The van der Waals surface area contributed by atoms with Gasteiger partial charge in [0, 0.05) is 11.3 Å². The van der Waals surface area contributed by atoms with Gasteiger partial charge in [-0.1, -0.05) is 34.6 Å². The normalized spacial score (nSPS) is 18.0. The second-order valence-electron chi connectivity index (χ2n) is 7.77. The summed E-state index contributed by atoms with van der Waals surface area (Å²) in [6, 6.07) is 2.31. The van der Waals surface area contributed by atoms with Crippen LogP contribution in [0, 0.1) is 28.6 Å². The predicted molar refractivity (Wildman–Crippen MR) is 92.1 cm³/mol. The Kier molecular flexibility index (Phi) is 4.97. The lowest BCUT2D eigenvalue weighted by molar-refractivity contribution is -0.116. The number of nitriles is 1. The van der Waals surface area contributed by atoms with E-state index in [1.807, 2.05) is 13.8 Å². The molecule has 0 unspecified atom stereocenters. The smallest absolute Gasteiger partial charge is 0.225 e. The van der Waals surface area contributed by atoms with Gasteiger partial charge in [0.15, 0.2) is 0 Å². The number of amides is 1. The molecular weight excluding hydrogens is 292 g/mol. The maximum atomic E-state index is 12.0. The molecule has 1 aliphatic carbocycles. The summed E-state index contributed by atoms with van der Waals surface area (Å²) in [4.78, 5) is 13.3. The molecule has 0 bridgehead atoms. The molecule has 1 amide bonds. The molecular formula is C18H26N2OS. The quantitative estimate of drug-likeness (QED) is 0.874. The molecule has 1 aromatic rings. The van der Waals surface area contributed by atoms with Crippen molar-refractivity contribution in [2.24, 2.45) is 17.3 Å². The first-order valence-corrected chi connectivity index (χ1v) is 8.88. The molecule has 0 aromatic carbocycles. The van der Waals surface area contributed by atoms with Crippen molar-refractivity contribution >= 4 is 22.2 Å². The van der Waals surface area contributed by atoms with Crippen molar-refractivity contribution < 1.29 is 4.79 Å². The molecule has 22 heavy (non-hydrogen) atoms. The molecule has 1 heterocycles. The van der Waals surface area contributed by atoms with Crippen molar-refractivity contribution in [2.45, 2.75) is 60.3 Å². The van der Waals surface area contributed by atoms with E-state index < -0.39 is 0 Å². The van der Waals surface area contributed by atoms with Gasteiger partial charge >= 0.3 is 0 Å². The number of carbonyl (C=O) groups is 1. The van der Waals surface area contributed by atoms with Crippen LogP contribution in [0.1, 0.15) is 63.5 Å². The van der Waals surface area contributed by atoms with Crippen LogP contribution in [-0.4, -0.2) is 5.91 Å². The number of hydrogen-bond donors (Lipinski definition) is 1. The Bertz CT molecular complexity index is 602. The minimum absolute atomic E-state index is 0.0115. The van der Waals surface area contributed by atoms with E-state index in [1.165, 1.54) is 10.4 Å². The van der Waals surface area contributed by atoms with Crippen LogP contribution in [0.5, 0.6) is 0 Å². The van der Waals surface area contributed by atoms with E-state index in [-0.39, 0.29) is 11.3 Å². The maximum Gasteiger partial charge on any atom is 0.225 e. The molecule has 4 heteroatoms. The van der Waals surface area contributed by atoms with Crippen molar-refractivity contribution in [3.05, 3.63) is 16.0 Å². The van der Waals surface area contributed by atoms with Crippen LogP contribution in [0.15, 0.2) is 0 Å². The first-order valence-electron chi connectivity index (χ1n) is 8.06. The topological polar surface area (TPSA) is 52.9 Å². The molecule has 1 aromatic heterocycles. The van der Waals surface area contributed by atoms with Gasteiger partial charge in [-0.05, 0) is 42.1 Å². The molecule has 1 N–H and O–H groups in total. The van der Waals surface area contributed by atoms with Crippen LogP contribution < -0.4 is 5.32 Å². The molecule has 0 radical (unpaired) electrons. The summed E-state index contributed by atoms with van der Waals surface area (Å²) in [5.74, 6) is 0.979. The predicted octanol–water partition coefficient (Wildman–Crippen LogP) is 4.76. The summed E-state index contributed by atoms with van der Waals surface area (Å²) in [6.07, 6.45) is 3.61. The Morgan fingerprint density at radius 1 is 1.45 bits per heavy atom. The fraction of sp³-hybridized carbons (Fsp3) is 0.667. The Labute approximate surface area is 137 Å². The fourth-order valence-electron chi connectivity index (χ4n) is 3.08. The molecule has 0 saturated heterocycles. The maximum absolute atomic E-state index is 12.0. The van der Waals surface area contributed by atoms with E-state index in [9.17, 15) is 10.1 Å². The summed E-state index contributed by atoms with van der Waals surface area (Å²) >= 11 is 1.61. The van der Waals surface area contributed by atoms with Crippen LogP contribution in [0.4, 0.5) is 5.00 Å². The SMILES string of the molecule is CC(C)CC(=O)Nc1sc2c(c1C#N)CC[C@@H](C(C)(C)C)C2. The number of thiophene rings is 1. The van der Waals surface area contributed by atoms with Gasteiger partial charge in [0.25, 0.3) is 0 Å². The van der Waals surface area contributed by atoms with Gasteiger partial charge in [-0.3, -0.25) is 4.79 Å². The molecule has 3 nitrogen and oxygen atoms in total. The van der Waals surface area contributed by atoms with E-state index >= 15 is 0 Å². The number of rotatable bonds is 3. The molecule has 0 fully saturated rings. The van der Waals surface area contributed by atoms with E-state index in [0.29, 0.717) is 23.8 Å². The highest BCUT2D eigenvalue weighted by atomic mass is 32.1. The third-order valence-corrected chi connectivity index (χ3v) is 5.62. The number of carbonyl (C=O) groups excluding carboxylic acids is 1. The van der Waals surface area contributed by atoms with Gasteiger partial charge in [-0.25, -0.2) is 0 Å². The minimum Gasteiger partial charge on any atom is -0.317 e. The second kappa shape index (κ2) is 6.42. The van der Waals surface area contributed by atoms with E-state index in [4.69, 9.17) is 0 Å². The fourth-order valence-corrected chi connectivity index (χ4v) is 4.37. The largest absolute Gasteiger partial charge is 0.317 e. The minimum atomic E-state index is 0.0115. The summed E-state index contributed by atoms with van der Waals surface area (Å²) in [5, 5.41) is 13.2.